The Morgan fingerprint density at radius 2 is 2.38 bits per heavy atom. The molecule has 144 valence electrons. The zero-order valence-electron chi connectivity index (χ0n) is 14.7. The van der Waals surface area contributed by atoms with E-state index in [1.54, 1.807) is 22.3 Å². The summed E-state index contributed by atoms with van der Waals surface area (Å²) in [5, 5.41) is 1.97. The summed E-state index contributed by atoms with van der Waals surface area (Å²) in [6.07, 6.45) is 5.81. The monoisotopic (exact) mass is 400 g/mol. The molecule has 1 spiro atoms. The molecule has 0 radical (unpaired) electrons. The number of rotatable bonds is 5. The lowest BCUT2D eigenvalue weighted by Crippen LogP contribution is -2.47. The third kappa shape index (κ3) is 5.37. The summed E-state index contributed by atoms with van der Waals surface area (Å²) < 4.78 is 36.8. The molecule has 0 aromatic carbocycles. The molecule has 26 heavy (non-hydrogen) atoms. The van der Waals surface area contributed by atoms with Crippen molar-refractivity contribution in [2.24, 2.45) is 0 Å². The van der Waals surface area contributed by atoms with Crippen LogP contribution in [0.2, 0.25) is 0 Å². The van der Waals surface area contributed by atoms with E-state index in [0.717, 1.165) is 24.0 Å². The molecule has 0 bridgehead atoms. The molecule has 2 saturated heterocycles. The van der Waals surface area contributed by atoms with Crippen molar-refractivity contribution in [3.63, 3.8) is 0 Å². The third-order valence-corrected chi connectivity index (χ3v) is 6.04. The maximum atomic E-state index is 12.6. The van der Waals surface area contributed by atoms with Crippen LogP contribution in [0.15, 0.2) is 23.6 Å². The highest BCUT2D eigenvalue weighted by Crippen LogP contribution is 2.33. The molecule has 2 unspecified atom stereocenters. The van der Waals surface area contributed by atoms with Gasteiger partial charge in [0.15, 0.2) is 0 Å². The lowest BCUT2D eigenvalue weighted by Gasteiger charge is -2.31. The summed E-state index contributed by atoms with van der Waals surface area (Å²) in [6.45, 7) is 2.10. The Labute approximate surface area is 158 Å². The van der Waals surface area contributed by atoms with Crippen molar-refractivity contribution in [1.82, 2.24) is 9.62 Å². The summed E-state index contributed by atoms with van der Waals surface area (Å²) >= 11 is 1.58. The van der Waals surface area contributed by atoms with Crippen LogP contribution in [0, 0.1) is 0 Å². The van der Waals surface area contributed by atoms with Gasteiger partial charge >= 0.3 is 0 Å². The molecule has 9 heteroatoms. The molecule has 3 rings (SSSR count). The largest absolute Gasteiger partial charge is 0.377 e. The number of nitrogens with one attached hydrogen (secondary N) is 1. The topological polar surface area (TPSA) is 84.9 Å². The van der Waals surface area contributed by atoms with Gasteiger partial charge in [-0.2, -0.15) is 0 Å². The first-order valence-corrected chi connectivity index (χ1v) is 11.3. The van der Waals surface area contributed by atoms with Crippen LogP contribution in [0.5, 0.6) is 0 Å². The number of carbonyl (C=O) groups excluding carboxylic acids is 1. The number of hydrogen-bond acceptors (Lipinski definition) is 6. The number of thiophene rings is 1. The number of amides is 1. The van der Waals surface area contributed by atoms with Crippen molar-refractivity contribution in [2.75, 3.05) is 39.1 Å². The Kier molecular flexibility index (Phi) is 6.13. The molecule has 2 atom stereocenters. The summed E-state index contributed by atoms with van der Waals surface area (Å²) in [7, 11) is -3.25. The van der Waals surface area contributed by atoms with E-state index in [2.05, 4.69) is 4.72 Å². The second-order valence-electron chi connectivity index (χ2n) is 6.74. The molecule has 2 aliphatic rings. The maximum absolute atomic E-state index is 12.6. The van der Waals surface area contributed by atoms with Gasteiger partial charge in [-0.1, -0.05) is 6.07 Å². The minimum absolute atomic E-state index is 0.0652. The predicted octanol–water partition coefficient (Wildman–Crippen LogP) is 1.09. The van der Waals surface area contributed by atoms with Gasteiger partial charge in [0.05, 0.1) is 32.1 Å². The molecule has 0 aliphatic carbocycles. The first-order valence-electron chi connectivity index (χ1n) is 8.56. The molecule has 2 aliphatic heterocycles. The maximum Gasteiger partial charge on any atom is 0.246 e. The molecule has 1 N–H and O–H groups in total. The Bertz CT molecular complexity index is 747. The zero-order chi connectivity index (χ0) is 18.6. The highest BCUT2D eigenvalue weighted by Gasteiger charge is 2.43. The van der Waals surface area contributed by atoms with Crippen LogP contribution in [0.25, 0.3) is 6.08 Å². The Balaban J connectivity index is 1.61. The third-order valence-electron chi connectivity index (χ3n) is 4.51. The van der Waals surface area contributed by atoms with Gasteiger partial charge < -0.3 is 14.4 Å². The van der Waals surface area contributed by atoms with E-state index in [9.17, 15) is 13.2 Å². The first-order chi connectivity index (χ1) is 12.4. The second-order valence-corrected chi connectivity index (χ2v) is 9.56. The quantitative estimate of drug-likeness (QED) is 0.748. The average Bonchev–Trinajstić information content (AvgIpc) is 3.18. The molecule has 1 aromatic rings. The van der Waals surface area contributed by atoms with Gasteiger partial charge in [-0.15, -0.1) is 11.3 Å². The van der Waals surface area contributed by atoms with Gasteiger partial charge in [-0.3, -0.25) is 4.79 Å². The van der Waals surface area contributed by atoms with Crippen molar-refractivity contribution >= 4 is 33.3 Å². The standard InChI is InChI=1S/C17H24N2O5S2/c1-26(21,22)18-11-14-6-7-17(24-14)12-19(8-9-23-13-17)16(20)5-4-15-3-2-10-25-15/h2-5,10,14,18H,6-9,11-13H2,1H3/b5-4+. The minimum atomic E-state index is -3.25. The van der Waals surface area contributed by atoms with Gasteiger partial charge in [-0.25, -0.2) is 13.1 Å². The lowest BCUT2D eigenvalue weighted by atomic mass is 10.00. The summed E-state index contributed by atoms with van der Waals surface area (Å²) in [5.41, 5.74) is -0.563. The Morgan fingerprint density at radius 3 is 3.12 bits per heavy atom. The molecular weight excluding hydrogens is 376 g/mol. The highest BCUT2D eigenvalue weighted by atomic mass is 32.2. The van der Waals surface area contributed by atoms with Gasteiger partial charge in [-0.05, 0) is 30.4 Å². The van der Waals surface area contributed by atoms with Crippen molar-refractivity contribution in [2.45, 2.75) is 24.5 Å². The highest BCUT2D eigenvalue weighted by molar-refractivity contribution is 7.88. The van der Waals surface area contributed by atoms with Crippen molar-refractivity contribution < 1.29 is 22.7 Å². The summed E-state index contributed by atoms with van der Waals surface area (Å²) in [5.74, 6) is -0.0652. The lowest BCUT2D eigenvalue weighted by molar-refractivity contribution is -0.130. The van der Waals surface area contributed by atoms with Gasteiger partial charge in [0.25, 0.3) is 0 Å². The number of carbonyl (C=O) groups is 1. The number of nitrogens with zero attached hydrogens (tertiary/aromatic N) is 1. The van der Waals surface area contributed by atoms with Crippen LogP contribution >= 0.6 is 11.3 Å². The zero-order valence-corrected chi connectivity index (χ0v) is 16.4. The molecule has 3 heterocycles. The van der Waals surface area contributed by atoms with Gasteiger partial charge in [0.1, 0.15) is 5.60 Å². The van der Waals surface area contributed by atoms with Crippen molar-refractivity contribution in [3.05, 3.63) is 28.5 Å². The summed E-state index contributed by atoms with van der Waals surface area (Å²) in [6, 6.07) is 3.90. The van der Waals surface area contributed by atoms with E-state index in [-0.39, 0.29) is 18.6 Å². The van der Waals surface area contributed by atoms with Crippen LogP contribution in [-0.2, 0) is 24.3 Å². The normalized spacial score (nSPS) is 27.3. The average molecular weight is 401 g/mol. The molecule has 0 saturated carbocycles. The minimum Gasteiger partial charge on any atom is -0.377 e. The predicted molar refractivity (Wildman–Crippen MR) is 100 cm³/mol. The Morgan fingerprint density at radius 1 is 1.54 bits per heavy atom. The molecular formula is C17H24N2O5S2. The smallest absolute Gasteiger partial charge is 0.246 e. The molecule has 1 aromatic heterocycles. The van der Waals surface area contributed by atoms with Gasteiger partial charge in [0, 0.05) is 24.0 Å². The van der Waals surface area contributed by atoms with Crippen LogP contribution in [0.1, 0.15) is 17.7 Å². The fourth-order valence-electron chi connectivity index (χ4n) is 3.24. The van der Waals surface area contributed by atoms with E-state index >= 15 is 0 Å². The summed E-state index contributed by atoms with van der Waals surface area (Å²) in [4.78, 5) is 15.3. The van der Waals surface area contributed by atoms with Crippen LogP contribution in [0.4, 0.5) is 0 Å². The molecule has 1 amide bonds. The SMILES string of the molecule is CS(=O)(=O)NCC1CCC2(COCCN(C(=O)/C=C/c3cccs3)C2)O1. The van der Waals surface area contributed by atoms with E-state index in [1.165, 1.54) is 0 Å². The fourth-order valence-corrected chi connectivity index (χ4v) is 4.35. The number of ether oxygens (including phenoxy) is 2. The van der Waals surface area contributed by atoms with E-state index < -0.39 is 15.6 Å². The van der Waals surface area contributed by atoms with E-state index in [0.29, 0.717) is 26.3 Å². The Hall–Kier alpha value is -1.26. The van der Waals surface area contributed by atoms with Gasteiger partial charge in [0.2, 0.25) is 15.9 Å². The first kappa shape index (κ1) is 19.5. The number of hydrogen-bond donors (Lipinski definition) is 1. The molecule has 2 fully saturated rings. The second kappa shape index (κ2) is 8.18. The van der Waals surface area contributed by atoms with Crippen LogP contribution in [0.3, 0.4) is 0 Å². The molecule has 7 nitrogen and oxygen atoms in total. The van der Waals surface area contributed by atoms with Crippen molar-refractivity contribution in [3.8, 4) is 0 Å². The van der Waals surface area contributed by atoms with E-state index in [1.807, 2.05) is 23.6 Å². The van der Waals surface area contributed by atoms with Crippen LogP contribution < -0.4 is 4.72 Å². The fraction of sp³-hybridized carbons (Fsp3) is 0.588. The van der Waals surface area contributed by atoms with Crippen LogP contribution in [-0.4, -0.2) is 70.0 Å². The van der Waals surface area contributed by atoms with E-state index in [4.69, 9.17) is 9.47 Å². The number of sulfonamides is 1. The van der Waals surface area contributed by atoms with Crippen molar-refractivity contribution in [1.29, 1.82) is 0 Å².